The van der Waals surface area contributed by atoms with Gasteiger partial charge in [0.05, 0.1) is 9.85 Å². The van der Waals surface area contributed by atoms with E-state index in [1.807, 2.05) is 0 Å². The maximum atomic E-state index is 12.0. The fourth-order valence-corrected chi connectivity index (χ4v) is 2.06. The second-order valence-electron chi connectivity index (χ2n) is 4.98. The maximum Gasteiger partial charge on any atom is 0.270 e. The van der Waals surface area contributed by atoms with Gasteiger partial charge in [-0.1, -0.05) is 12.1 Å². The van der Waals surface area contributed by atoms with E-state index in [2.05, 4.69) is 16.2 Å². The number of nitro groups is 2. The average Bonchev–Trinajstić information content (AvgIpc) is 2.66. The highest BCUT2D eigenvalue weighted by atomic mass is 32.1. The van der Waals surface area contributed by atoms with Crippen LogP contribution in [0.15, 0.2) is 48.5 Å². The van der Waals surface area contributed by atoms with Crippen molar-refractivity contribution in [3.8, 4) is 0 Å². The summed E-state index contributed by atoms with van der Waals surface area (Å²) in [6.07, 6.45) is 0. The van der Waals surface area contributed by atoms with Gasteiger partial charge in [0.15, 0.2) is 5.11 Å². The number of thiocarbonyl (C=S) groups is 1. The van der Waals surface area contributed by atoms with Gasteiger partial charge in [0.1, 0.15) is 0 Å². The van der Waals surface area contributed by atoms with Crippen LogP contribution in [-0.4, -0.2) is 26.8 Å². The Hall–Kier alpha value is -3.93. The molecule has 0 unspecified atom stereocenters. The van der Waals surface area contributed by atoms with Crippen LogP contribution in [0.25, 0.3) is 0 Å². The van der Waals surface area contributed by atoms with E-state index in [0.29, 0.717) is 0 Å². The van der Waals surface area contributed by atoms with E-state index >= 15 is 0 Å². The van der Waals surface area contributed by atoms with Crippen molar-refractivity contribution >= 4 is 40.5 Å². The molecule has 12 heteroatoms. The van der Waals surface area contributed by atoms with Crippen molar-refractivity contribution in [1.82, 2.24) is 16.2 Å². The summed E-state index contributed by atoms with van der Waals surface area (Å²) in [6.45, 7) is 0. The molecule has 27 heavy (non-hydrogen) atoms. The molecule has 0 aliphatic rings. The number of hydrazine groups is 1. The smallest absolute Gasteiger partial charge is 0.270 e. The Balaban J connectivity index is 1.94. The van der Waals surface area contributed by atoms with E-state index in [9.17, 15) is 29.8 Å². The summed E-state index contributed by atoms with van der Waals surface area (Å²) in [4.78, 5) is 44.1. The standard InChI is InChI=1S/C15H11N5O6S/c21-13(9-3-1-5-11(7-9)19(23)24)16-15(27)18-17-14(22)10-4-2-6-12(8-10)20(25)26/h1-8H,(H,17,22)(H2,16,18,21,27). The zero-order valence-electron chi connectivity index (χ0n) is 13.4. The summed E-state index contributed by atoms with van der Waals surface area (Å²) in [5.74, 6) is -1.44. The van der Waals surface area contributed by atoms with Crippen LogP contribution in [0, 0.1) is 20.2 Å². The van der Waals surface area contributed by atoms with Gasteiger partial charge < -0.3 is 0 Å². The zero-order valence-corrected chi connectivity index (χ0v) is 14.2. The van der Waals surface area contributed by atoms with Crippen molar-refractivity contribution in [2.24, 2.45) is 0 Å². The first-order chi connectivity index (χ1) is 12.8. The summed E-state index contributed by atoms with van der Waals surface area (Å²) >= 11 is 4.85. The van der Waals surface area contributed by atoms with E-state index in [0.717, 1.165) is 12.1 Å². The molecular weight excluding hydrogens is 378 g/mol. The van der Waals surface area contributed by atoms with Gasteiger partial charge in [-0.2, -0.15) is 0 Å². The first-order valence-corrected chi connectivity index (χ1v) is 7.59. The molecule has 2 aromatic rings. The number of hydrogen-bond acceptors (Lipinski definition) is 7. The predicted molar refractivity (Wildman–Crippen MR) is 96.9 cm³/mol. The van der Waals surface area contributed by atoms with E-state index in [-0.39, 0.29) is 27.6 Å². The number of rotatable bonds is 4. The molecule has 0 saturated heterocycles. The summed E-state index contributed by atoms with van der Waals surface area (Å²) in [5.41, 5.74) is 3.92. The molecule has 0 aromatic heterocycles. The van der Waals surface area contributed by atoms with Crippen LogP contribution in [-0.2, 0) is 0 Å². The molecule has 0 radical (unpaired) electrons. The fraction of sp³-hybridized carbons (Fsp3) is 0. The van der Waals surface area contributed by atoms with Crippen LogP contribution in [0.2, 0.25) is 0 Å². The molecule has 2 rings (SSSR count). The Kier molecular flexibility index (Phi) is 6.06. The lowest BCUT2D eigenvalue weighted by molar-refractivity contribution is -0.385. The molecule has 2 amide bonds. The molecule has 138 valence electrons. The Labute approximate surface area is 156 Å². The molecule has 0 fully saturated rings. The lowest BCUT2D eigenvalue weighted by Gasteiger charge is -2.10. The third-order valence-electron chi connectivity index (χ3n) is 3.15. The van der Waals surface area contributed by atoms with Crippen molar-refractivity contribution in [2.75, 3.05) is 0 Å². The van der Waals surface area contributed by atoms with Gasteiger partial charge in [-0.15, -0.1) is 0 Å². The molecule has 0 aliphatic carbocycles. The molecule has 3 N–H and O–H groups in total. The number of nitrogens with zero attached hydrogens (tertiary/aromatic N) is 2. The van der Waals surface area contributed by atoms with Crippen molar-refractivity contribution in [3.05, 3.63) is 79.9 Å². The summed E-state index contributed by atoms with van der Waals surface area (Å²) in [7, 11) is 0. The SMILES string of the molecule is O=C(NNC(=S)NC(=O)c1cccc([N+](=O)[O-])c1)c1cccc([N+](=O)[O-])c1. The van der Waals surface area contributed by atoms with Gasteiger partial charge >= 0.3 is 0 Å². The molecule has 0 spiro atoms. The number of nitrogens with one attached hydrogen (secondary N) is 3. The van der Waals surface area contributed by atoms with Crippen LogP contribution < -0.4 is 16.2 Å². The highest BCUT2D eigenvalue weighted by molar-refractivity contribution is 7.80. The summed E-state index contributed by atoms with van der Waals surface area (Å²) in [6, 6.07) is 9.99. The number of carbonyl (C=O) groups excluding carboxylic acids is 2. The molecule has 2 aromatic carbocycles. The second-order valence-corrected chi connectivity index (χ2v) is 5.39. The molecule has 0 aliphatic heterocycles. The molecule has 11 nitrogen and oxygen atoms in total. The number of carbonyl (C=O) groups is 2. The van der Waals surface area contributed by atoms with Gasteiger partial charge in [-0.3, -0.25) is 46.0 Å². The van der Waals surface area contributed by atoms with Gasteiger partial charge in [-0.25, -0.2) is 0 Å². The minimum atomic E-state index is -0.721. The van der Waals surface area contributed by atoms with Crippen molar-refractivity contribution in [2.45, 2.75) is 0 Å². The van der Waals surface area contributed by atoms with Crippen LogP contribution in [0.3, 0.4) is 0 Å². The van der Waals surface area contributed by atoms with Gasteiger partial charge in [0.2, 0.25) is 0 Å². The number of non-ortho nitro benzene ring substituents is 2. The van der Waals surface area contributed by atoms with Crippen LogP contribution in [0.4, 0.5) is 11.4 Å². The third kappa shape index (κ3) is 5.27. The number of hydrogen-bond donors (Lipinski definition) is 3. The van der Waals surface area contributed by atoms with Crippen molar-refractivity contribution < 1.29 is 19.4 Å². The first-order valence-electron chi connectivity index (χ1n) is 7.18. The maximum absolute atomic E-state index is 12.0. The monoisotopic (exact) mass is 389 g/mol. The number of benzene rings is 2. The first kappa shape index (κ1) is 19.4. The summed E-state index contributed by atoms with van der Waals surface area (Å²) < 4.78 is 0. The number of amides is 2. The topological polar surface area (TPSA) is 157 Å². The Bertz CT molecular complexity index is 948. The zero-order chi connectivity index (χ0) is 20.0. The lowest BCUT2D eigenvalue weighted by Crippen LogP contribution is -2.48. The lowest BCUT2D eigenvalue weighted by atomic mass is 10.2. The van der Waals surface area contributed by atoms with Crippen LogP contribution in [0.1, 0.15) is 20.7 Å². The highest BCUT2D eigenvalue weighted by Crippen LogP contribution is 2.13. The van der Waals surface area contributed by atoms with Gasteiger partial charge in [0.25, 0.3) is 23.2 Å². The predicted octanol–water partition coefficient (Wildman–Crippen LogP) is 1.45. The Morgan fingerprint density at radius 3 is 1.78 bits per heavy atom. The van der Waals surface area contributed by atoms with E-state index in [4.69, 9.17) is 12.2 Å². The molecule has 0 atom stereocenters. The summed E-state index contributed by atoms with van der Waals surface area (Å²) in [5, 5.41) is 23.4. The highest BCUT2D eigenvalue weighted by Gasteiger charge is 2.14. The van der Waals surface area contributed by atoms with Crippen LogP contribution in [0.5, 0.6) is 0 Å². The van der Waals surface area contributed by atoms with E-state index in [1.165, 1.54) is 36.4 Å². The average molecular weight is 389 g/mol. The normalized spacial score (nSPS) is 9.78. The van der Waals surface area contributed by atoms with E-state index < -0.39 is 21.7 Å². The van der Waals surface area contributed by atoms with Crippen molar-refractivity contribution in [1.29, 1.82) is 0 Å². The molecular formula is C15H11N5O6S. The Morgan fingerprint density at radius 2 is 1.30 bits per heavy atom. The molecule has 0 bridgehead atoms. The number of nitro benzene ring substituents is 2. The molecule has 0 saturated carbocycles. The van der Waals surface area contributed by atoms with Crippen molar-refractivity contribution in [3.63, 3.8) is 0 Å². The largest absolute Gasteiger partial charge is 0.298 e. The van der Waals surface area contributed by atoms with Gasteiger partial charge in [0, 0.05) is 35.4 Å². The van der Waals surface area contributed by atoms with E-state index in [1.54, 1.807) is 0 Å². The fourth-order valence-electron chi connectivity index (χ4n) is 1.91. The second kappa shape index (κ2) is 8.44. The minimum absolute atomic E-state index is 0.00152. The van der Waals surface area contributed by atoms with Crippen LogP contribution >= 0.6 is 12.2 Å². The Morgan fingerprint density at radius 1 is 0.815 bits per heavy atom. The van der Waals surface area contributed by atoms with Gasteiger partial charge in [-0.05, 0) is 24.4 Å². The quantitative estimate of drug-likeness (QED) is 0.403. The third-order valence-corrected chi connectivity index (χ3v) is 3.36. The minimum Gasteiger partial charge on any atom is -0.298 e. The molecule has 0 heterocycles.